The molecule has 7 rings (SSSR count). The largest absolute Gasteiger partial charge is 0.455 e. The first-order valence-electron chi connectivity index (χ1n) is 12.3. The number of nitrogens with zero attached hydrogens (tertiary/aromatic N) is 3. The van der Waals surface area contributed by atoms with E-state index in [4.69, 9.17) is 26.0 Å². The molecule has 0 unspecified atom stereocenters. The first kappa shape index (κ1) is 22.4. The van der Waals surface area contributed by atoms with E-state index in [2.05, 4.69) is 41.4 Å². The fourth-order valence-corrected chi connectivity index (χ4v) is 4.96. The number of fused-ring (bicyclic) bond motifs is 3. The molecule has 5 heteroatoms. The third kappa shape index (κ3) is 4.01. The summed E-state index contributed by atoms with van der Waals surface area (Å²) >= 11 is 6.29. The van der Waals surface area contributed by atoms with E-state index in [-0.39, 0.29) is 0 Å². The number of hydrogen-bond acceptors (Lipinski definition) is 4. The van der Waals surface area contributed by atoms with Gasteiger partial charge in [0.25, 0.3) is 0 Å². The van der Waals surface area contributed by atoms with Crippen molar-refractivity contribution >= 4 is 33.5 Å². The quantitative estimate of drug-likeness (QED) is 0.237. The van der Waals surface area contributed by atoms with Gasteiger partial charge in [-0.3, -0.25) is 4.98 Å². The van der Waals surface area contributed by atoms with Crippen LogP contribution < -0.4 is 0 Å². The lowest BCUT2D eigenvalue weighted by molar-refractivity contribution is 0.670. The van der Waals surface area contributed by atoms with Crippen molar-refractivity contribution in [3.63, 3.8) is 0 Å². The predicted octanol–water partition coefficient (Wildman–Crippen LogP) is 9.09. The van der Waals surface area contributed by atoms with Crippen molar-refractivity contribution in [1.29, 1.82) is 0 Å². The molecular formula is C33H20ClN3O. The summed E-state index contributed by atoms with van der Waals surface area (Å²) in [6.45, 7) is 0. The normalized spacial score (nSPS) is 11.3. The minimum absolute atomic E-state index is 0.658. The fraction of sp³-hybridized carbons (Fsp3) is 0. The molecular weight excluding hydrogens is 490 g/mol. The van der Waals surface area contributed by atoms with Gasteiger partial charge < -0.3 is 4.42 Å². The van der Waals surface area contributed by atoms with Crippen molar-refractivity contribution in [2.24, 2.45) is 0 Å². The summed E-state index contributed by atoms with van der Waals surface area (Å²) in [5.74, 6) is 0.658. The Morgan fingerprint density at radius 2 is 1.37 bits per heavy atom. The Labute approximate surface area is 224 Å². The van der Waals surface area contributed by atoms with Crippen molar-refractivity contribution in [2.75, 3.05) is 0 Å². The van der Waals surface area contributed by atoms with E-state index in [1.54, 1.807) is 6.20 Å². The van der Waals surface area contributed by atoms with Crippen LogP contribution in [0.25, 0.3) is 67.0 Å². The Morgan fingerprint density at radius 3 is 2.18 bits per heavy atom. The van der Waals surface area contributed by atoms with Crippen LogP contribution in [0.2, 0.25) is 5.02 Å². The molecule has 0 aliphatic carbocycles. The number of aromatic nitrogens is 3. The average molecular weight is 510 g/mol. The monoisotopic (exact) mass is 509 g/mol. The fourth-order valence-electron chi connectivity index (χ4n) is 4.79. The first-order valence-corrected chi connectivity index (χ1v) is 12.7. The maximum absolute atomic E-state index is 6.32. The second-order valence-electron chi connectivity index (χ2n) is 9.07. The van der Waals surface area contributed by atoms with Gasteiger partial charge in [-0.05, 0) is 47.5 Å². The molecule has 7 aromatic rings. The van der Waals surface area contributed by atoms with E-state index in [0.717, 1.165) is 61.1 Å². The maximum atomic E-state index is 6.32. The molecule has 38 heavy (non-hydrogen) atoms. The Morgan fingerprint density at radius 1 is 0.579 bits per heavy atom. The van der Waals surface area contributed by atoms with E-state index in [1.807, 2.05) is 79.0 Å². The molecule has 4 aromatic carbocycles. The summed E-state index contributed by atoms with van der Waals surface area (Å²) in [4.78, 5) is 14.2. The Kier molecular flexibility index (Phi) is 5.46. The summed E-state index contributed by atoms with van der Waals surface area (Å²) in [6.07, 6.45) is 3.65. The van der Waals surface area contributed by atoms with Crippen molar-refractivity contribution in [3.05, 3.63) is 127 Å². The van der Waals surface area contributed by atoms with Crippen LogP contribution in [0, 0.1) is 0 Å². The Bertz CT molecular complexity index is 1910. The van der Waals surface area contributed by atoms with Crippen LogP contribution in [-0.2, 0) is 0 Å². The lowest BCUT2D eigenvalue weighted by Crippen LogP contribution is -1.96. The van der Waals surface area contributed by atoms with Crippen molar-refractivity contribution in [3.8, 4) is 45.0 Å². The smallest absolute Gasteiger partial charge is 0.160 e. The molecule has 0 spiro atoms. The summed E-state index contributed by atoms with van der Waals surface area (Å²) in [6, 6.07) is 36.3. The minimum atomic E-state index is 0.658. The van der Waals surface area contributed by atoms with E-state index in [9.17, 15) is 0 Å². The van der Waals surface area contributed by atoms with Crippen LogP contribution in [0.1, 0.15) is 0 Å². The zero-order valence-corrected chi connectivity index (χ0v) is 20.9. The number of halogens is 1. The van der Waals surface area contributed by atoms with Gasteiger partial charge in [0.05, 0.1) is 11.4 Å². The zero-order valence-electron chi connectivity index (χ0n) is 20.2. The number of furan rings is 1. The third-order valence-corrected chi connectivity index (χ3v) is 6.90. The second-order valence-corrected chi connectivity index (χ2v) is 9.51. The van der Waals surface area contributed by atoms with Gasteiger partial charge >= 0.3 is 0 Å². The van der Waals surface area contributed by atoms with Crippen LogP contribution in [0.5, 0.6) is 0 Å². The van der Waals surface area contributed by atoms with Crippen molar-refractivity contribution in [1.82, 2.24) is 15.0 Å². The molecule has 0 amide bonds. The van der Waals surface area contributed by atoms with Crippen molar-refractivity contribution < 1.29 is 4.42 Å². The van der Waals surface area contributed by atoms with Gasteiger partial charge in [0.1, 0.15) is 11.2 Å². The van der Waals surface area contributed by atoms with Gasteiger partial charge in [-0.15, -0.1) is 0 Å². The molecule has 0 saturated carbocycles. The van der Waals surface area contributed by atoms with Gasteiger partial charge in [-0.1, -0.05) is 84.4 Å². The molecule has 0 saturated heterocycles. The number of benzene rings is 4. The Balaban J connectivity index is 1.41. The van der Waals surface area contributed by atoms with Crippen LogP contribution in [0.3, 0.4) is 0 Å². The lowest BCUT2D eigenvalue weighted by atomic mass is 10.0. The van der Waals surface area contributed by atoms with Gasteiger partial charge in [0.15, 0.2) is 5.82 Å². The minimum Gasteiger partial charge on any atom is -0.455 e. The van der Waals surface area contributed by atoms with Gasteiger partial charge in [-0.2, -0.15) is 0 Å². The molecule has 4 nitrogen and oxygen atoms in total. The van der Waals surface area contributed by atoms with Gasteiger partial charge in [-0.25, -0.2) is 9.97 Å². The van der Waals surface area contributed by atoms with Crippen LogP contribution in [0.15, 0.2) is 126 Å². The zero-order chi connectivity index (χ0) is 25.5. The standard InChI is InChI=1S/C33H20ClN3O/c34-25-15-16-31-28(18-25)26-9-4-10-27(32(26)38-31)30-19-29(36-33(37-30)23-6-2-1-3-7-23)22-13-11-21(12-14-22)24-8-5-17-35-20-24/h1-20H. The topological polar surface area (TPSA) is 51.8 Å². The summed E-state index contributed by atoms with van der Waals surface area (Å²) in [5, 5.41) is 2.66. The molecule has 0 bridgehead atoms. The summed E-state index contributed by atoms with van der Waals surface area (Å²) in [5.41, 5.74) is 8.23. The molecule has 3 heterocycles. The molecule has 0 aliphatic heterocycles. The van der Waals surface area contributed by atoms with E-state index >= 15 is 0 Å². The average Bonchev–Trinajstić information content (AvgIpc) is 3.36. The number of hydrogen-bond donors (Lipinski definition) is 0. The lowest BCUT2D eigenvalue weighted by Gasteiger charge is -2.10. The highest BCUT2D eigenvalue weighted by Gasteiger charge is 2.16. The number of pyridine rings is 1. The summed E-state index contributed by atoms with van der Waals surface area (Å²) < 4.78 is 6.32. The van der Waals surface area contributed by atoms with E-state index in [1.165, 1.54) is 0 Å². The number of rotatable bonds is 4. The second kappa shape index (κ2) is 9.25. The molecule has 0 atom stereocenters. The van der Waals surface area contributed by atoms with Crippen LogP contribution in [0.4, 0.5) is 0 Å². The molecule has 180 valence electrons. The maximum Gasteiger partial charge on any atom is 0.160 e. The predicted molar refractivity (Wildman–Crippen MR) is 154 cm³/mol. The van der Waals surface area contributed by atoms with Crippen molar-refractivity contribution in [2.45, 2.75) is 0 Å². The SMILES string of the molecule is Clc1ccc2oc3c(-c4cc(-c5ccc(-c6cccnc6)cc5)nc(-c5ccccc5)n4)cccc3c2c1. The molecule has 0 N–H and O–H groups in total. The van der Waals surface area contributed by atoms with E-state index < -0.39 is 0 Å². The summed E-state index contributed by atoms with van der Waals surface area (Å²) in [7, 11) is 0. The molecule has 0 aliphatic rings. The van der Waals surface area contributed by atoms with Gasteiger partial charge in [0.2, 0.25) is 0 Å². The van der Waals surface area contributed by atoms with Crippen LogP contribution >= 0.6 is 11.6 Å². The van der Waals surface area contributed by atoms with Crippen LogP contribution in [-0.4, -0.2) is 15.0 Å². The molecule has 0 fully saturated rings. The number of para-hydroxylation sites is 1. The highest BCUT2D eigenvalue weighted by molar-refractivity contribution is 6.31. The highest BCUT2D eigenvalue weighted by atomic mass is 35.5. The van der Waals surface area contributed by atoms with E-state index in [0.29, 0.717) is 10.8 Å². The Hall–Kier alpha value is -4.80. The third-order valence-electron chi connectivity index (χ3n) is 6.67. The first-order chi connectivity index (χ1) is 18.7. The molecule has 3 aromatic heterocycles. The van der Waals surface area contributed by atoms with Gasteiger partial charge in [0, 0.05) is 44.9 Å². The molecule has 0 radical (unpaired) electrons. The highest BCUT2D eigenvalue weighted by Crippen LogP contribution is 2.37.